The molecule has 0 aromatic heterocycles. The SMILES string of the molecule is O=C(/C=C/c1ccccc1C(=O)N1C2CCC1CC2)NO. The van der Waals surface area contributed by atoms with Crippen molar-refractivity contribution in [2.75, 3.05) is 0 Å². The maximum absolute atomic E-state index is 12.8. The molecule has 2 heterocycles. The molecule has 2 aliphatic rings. The van der Waals surface area contributed by atoms with Crippen LogP contribution >= 0.6 is 0 Å². The number of hydrogen-bond acceptors (Lipinski definition) is 3. The molecule has 0 spiro atoms. The summed E-state index contributed by atoms with van der Waals surface area (Å²) in [6.07, 6.45) is 7.16. The summed E-state index contributed by atoms with van der Waals surface area (Å²) in [6.45, 7) is 0. The lowest BCUT2D eigenvalue weighted by molar-refractivity contribution is -0.124. The van der Waals surface area contributed by atoms with Crippen LogP contribution in [0.2, 0.25) is 0 Å². The topological polar surface area (TPSA) is 69.6 Å². The molecule has 2 N–H and O–H groups in total. The Balaban J connectivity index is 1.87. The normalized spacial score (nSPS) is 23.8. The van der Waals surface area contributed by atoms with Crippen LogP contribution < -0.4 is 5.48 Å². The molecule has 3 rings (SSSR count). The molecule has 2 fully saturated rings. The summed E-state index contributed by atoms with van der Waals surface area (Å²) >= 11 is 0. The van der Waals surface area contributed by atoms with Crippen LogP contribution in [0.1, 0.15) is 41.6 Å². The van der Waals surface area contributed by atoms with Gasteiger partial charge in [-0.05, 0) is 43.4 Å². The van der Waals surface area contributed by atoms with E-state index in [2.05, 4.69) is 0 Å². The van der Waals surface area contributed by atoms with Gasteiger partial charge in [0.1, 0.15) is 0 Å². The summed E-state index contributed by atoms with van der Waals surface area (Å²) in [4.78, 5) is 25.9. The fourth-order valence-corrected chi connectivity index (χ4v) is 3.42. The number of hydrogen-bond donors (Lipinski definition) is 2. The van der Waals surface area contributed by atoms with E-state index < -0.39 is 5.91 Å². The second-order valence-corrected chi connectivity index (χ2v) is 5.57. The molecule has 0 saturated carbocycles. The summed E-state index contributed by atoms with van der Waals surface area (Å²) in [5, 5.41) is 8.52. The third kappa shape index (κ3) is 2.56. The third-order valence-corrected chi connectivity index (χ3v) is 4.40. The minimum absolute atomic E-state index is 0.0460. The fraction of sp³-hybridized carbons (Fsp3) is 0.375. The number of nitrogens with one attached hydrogen (secondary N) is 1. The Morgan fingerprint density at radius 2 is 1.76 bits per heavy atom. The van der Waals surface area contributed by atoms with Gasteiger partial charge in [-0.2, -0.15) is 0 Å². The van der Waals surface area contributed by atoms with Gasteiger partial charge in [-0.25, -0.2) is 5.48 Å². The van der Waals surface area contributed by atoms with E-state index in [1.807, 2.05) is 17.0 Å². The smallest absolute Gasteiger partial charge is 0.267 e. The van der Waals surface area contributed by atoms with E-state index >= 15 is 0 Å². The highest BCUT2D eigenvalue weighted by atomic mass is 16.5. The number of carbonyl (C=O) groups is 2. The predicted molar refractivity (Wildman–Crippen MR) is 77.6 cm³/mol. The van der Waals surface area contributed by atoms with Gasteiger partial charge in [-0.1, -0.05) is 18.2 Å². The van der Waals surface area contributed by atoms with E-state index in [1.54, 1.807) is 23.7 Å². The van der Waals surface area contributed by atoms with E-state index in [-0.39, 0.29) is 5.91 Å². The maximum Gasteiger partial charge on any atom is 0.267 e. The van der Waals surface area contributed by atoms with Gasteiger partial charge < -0.3 is 4.90 Å². The molecule has 1 aromatic rings. The second-order valence-electron chi connectivity index (χ2n) is 5.57. The molecule has 2 bridgehead atoms. The molecule has 110 valence electrons. The van der Waals surface area contributed by atoms with Crippen LogP contribution in [0.3, 0.4) is 0 Å². The summed E-state index contributed by atoms with van der Waals surface area (Å²) in [6, 6.07) is 7.99. The van der Waals surface area contributed by atoms with Crippen LogP contribution in [0.25, 0.3) is 6.08 Å². The van der Waals surface area contributed by atoms with Crippen LogP contribution in [0.4, 0.5) is 0 Å². The maximum atomic E-state index is 12.8. The van der Waals surface area contributed by atoms with Gasteiger partial charge in [-0.15, -0.1) is 0 Å². The molecule has 0 radical (unpaired) electrons. The lowest BCUT2D eigenvalue weighted by atomic mass is 10.0. The number of hydroxylamine groups is 1. The molecule has 5 heteroatoms. The van der Waals surface area contributed by atoms with Crippen molar-refractivity contribution < 1.29 is 14.8 Å². The van der Waals surface area contributed by atoms with E-state index in [9.17, 15) is 9.59 Å². The van der Waals surface area contributed by atoms with Crippen LogP contribution in [-0.4, -0.2) is 34.0 Å². The zero-order valence-corrected chi connectivity index (χ0v) is 11.7. The number of fused-ring (bicyclic) bond motifs is 2. The van der Waals surface area contributed by atoms with Crippen LogP contribution in [-0.2, 0) is 4.79 Å². The first kappa shape index (κ1) is 13.8. The standard InChI is InChI=1S/C16H18N2O3/c19-15(17-21)10-5-11-3-1-2-4-14(11)16(20)18-12-6-7-13(18)9-8-12/h1-5,10,12-13,21H,6-9H2,(H,17,19)/b10-5+. The van der Waals surface area contributed by atoms with Crippen molar-refractivity contribution in [3.8, 4) is 0 Å². The molecule has 1 aromatic carbocycles. The van der Waals surface area contributed by atoms with Gasteiger partial charge in [-0.3, -0.25) is 14.8 Å². The van der Waals surface area contributed by atoms with Crippen molar-refractivity contribution >= 4 is 17.9 Å². The highest BCUT2D eigenvalue weighted by molar-refractivity contribution is 6.00. The Labute approximate surface area is 123 Å². The molecule has 2 aliphatic heterocycles. The minimum atomic E-state index is -0.613. The van der Waals surface area contributed by atoms with Crippen molar-refractivity contribution in [2.24, 2.45) is 0 Å². The summed E-state index contributed by atoms with van der Waals surface area (Å²) in [5.74, 6) is -0.567. The van der Waals surface area contributed by atoms with Gasteiger partial charge in [0.05, 0.1) is 0 Å². The van der Waals surface area contributed by atoms with E-state index in [4.69, 9.17) is 5.21 Å². The van der Waals surface area contributed by atoms with Crippen molar-refractivity contribution in [3.05, 3.63) is 41.5 Å². The lowest BCUT2D eigenvalue weighted by Gasteiger charge is -2.23. The molecule has 2 saturated heterocycles. The predicted octanol–water partition coefficient (Wildman–Crippen LogP) is 1.97. The van der Waals surface area contributed by atoms with E-state index in [0.29, 0.717) is 23.2 Å². The Hall–Kier alpha value is -2.14. The molecular weight excluding hydrogens is 268 g/mol. The van der Waals surface area contributed by atoms with Crippen molar-refractivity contribution in [1.29, 1.82) is 0 Å². The molecule has 0 unspecified atom stereocenters. The van der Waals surface area contributed by atoms with Crippen molar-refractivity contribution in [2.45, 2.75) is 37.8 Å². The number of nitrogens with zero attached hydrogens (tertiary/aromatic N) is 1. The first-order chi connectivity index (χ1) is 10.2. The Bertz CT molecular complexity index is 577. The average molecular weight is 286 g/mol. The molecule has 2 amide bonds. The zero-order valence-electron chi connectivity index (χ0n) is 11.7. The monoisotopic (exact) mass is 286 g/mol. The Kier molecular flexibility index (Phi) is 3.75. The van der Waals surface area contributed by atoms with Gasteiger partial charge in [0.25, 0.3) is 11.8 Å². The zero-order chi connectivity index (χ0) is 14.8. The van der Waals surface area contributed by atoms with Crippen molar-refractivity contribution in [1.82, 2.24) is 10.4 Å². The first-order valence-corrected chi connectivity index (χ1v) is 7.24. The van der Waals surface area contributed by atoms with Crippen LogP contribution in [0, 0.1) is 0 Å². The molecule has 5 nitrogen and oxygen atoms in total. The minimum Gasteiger partial charge on any atom is -0.333 e. The molecular formula is C16H18N2O3. The summed E-state index contributed by atoms with van der Waals surface area (Å²) < 4.78 is 0. The highest BCUT2D eigenvalue weighted by Crippen LogP contribution is 2.38. The number of rotatable bonds is 3. The average Bonchev–Trinajstić information content (AvgIpc) is 3.12. The van der Waals surface area contributed by atoms with Gasteiger partial charge in [0, 0.05) is 23.7 Å². The summed E-state index contributed by atoms with van der Waals surface area (Å²) in [5.41, 5.74) is 2.84. The Morgan fingerprint density at radius 3 is 2.38 bits per heavy atom. The molecule has 0 aliphatic carbocycles. The third-order valence-electron chi connectivity index (χ3n) is 4.40. The largest absolute Gasteiger partial charge is 0.333 e. The fourth-order valence-electron chi connectivity index (χ4n) is 3.42. The number of benzene rings is 1. The van der Waals surface area contributed by atoms with Gasteiger partial charge in [0.15, 0.2) is 0 Å². The Morgan fingerprint density at radius 1 is 1.14 bits per heavy atom. The lowest BCUT2D eigenvalue weighted by Crippen LogP contribution is -2.35. The second kappa shape index (κ2) is 5.69. The van der Waals surface area contributed by atoms with Crippen LogP contribution in [0.5, 0.6) is 0 Å². The highest BCUT2D eigenvalue weighted by Gasteiger charge is 2.42. The van der Waals surface area contributed by atoms with Gasteiger partial charge in [0.2, 0.25) is 0 Å². The van der Waals surface area contributed by atoms with Crippen molar-refractivity contribution in [3.63, 3.8) is 0 Å². The number of carbonyl (C=O) groups excluding carboxylic acids is 2. The number of amides is 2. The van der Waals surface area contributed by atoms with Crippen LogP contribution in [0.15, 0.2) is 30.3 Å². The quantitative estimate of drug-likeness (QED) is 0.507. The summed E-state index contributed by atoms with van der Waals surface area (Å²) in [7, 11) is 0. The van der Waals surface area contributed by atoms with Gasteiger partial charge >= 0.3 is 0 Å². The molecule has 21 heavy (non-hydrogen) atoms. The molecule has 0 atom stereocenters. The van der Waals surface area contributed by atoms with E-state index in [1.165, 1.54) is 6.08 Å². The van der Waals surface area contributed by atoms with E-state index in [0.717, 1.165) is 25.7 Å². The first-order valence-electron chi connectivity index (χ1n) is 7.24.